The first-order valence-electron chi connectivity index (χ1n) is 26.2. The number of benzene rings is 9. The maximum atomic E-state index is 2.69. The van der Waals surface area contributed by atoms with Gasteiger partial charge in [-0.2, -0.15) is 0 Å². The Hall–Kier alpha value is -7.30. The Balaban J connectivity index is 1.18. The van der Waals surface area contributed by atoms with Gasteiger partial charge in [-0.25, -0.2) is 0 Å². The molecule has 0 saturated heterocycles. The highest BCUT2D eigenvalue weighted by Gasteiger charge is 2.43. The summed E-state index contributed by atoms with van der Waals surface area (Å²) in [7, 11) is 0. The van der Waals surface area contributed by atoms with Gasteiger partial charge in [-0.05, 0) is 154 Å². The predicted molar refractivity (Wildman–Crippen MR) is 311 cm³/mol. The van der Waals surface area contributed by atoms with E-state index in [4.69, 9.17) is 0 Å². The number of aromatic nitrogens is 2. The van der Waals surface area contributed by atoms with E-state index >= 15 is 0 Å². The molecule has 3 nitrogen and oxygen atoms in total. The molecule has 0 spiro atoms. The first kappa shape index (κ1) is 43.5. The third-order valence-electron chi connectivity index (χ3n) is 16.8. The molecule has 4 heteroatoms. The Labute approximate surface area is 424 Å². The molecule has 0 atom stereocenters. The molecule has 0 unspecified atom stereocenters. The number of rotatable bonds is 3. The van der Waals surface area contributed by atoms with Gasteiger partial charge in [0.05, 0.1) is 22.2 Å². The van der Waals surface area contributed by atoms with Crippen molar-refractivity contribution >= 4 is 94.5 Å². The van der Waals surface area contributed by atoms with Crippen LogP contribution in [0, 0.1) is 0 Å². The highest BCUT2D eigenvalue weighted by molar-refractivity contribution is 7.00. The van der Waals surface area contributed by atoms with Gasteiger partial charge in [0.25, 0.3) is 6.71 Å². The van der Waals surface area contributed by atoms with E-state index in [9.17, 15) is 0 Å². The van der Waals surface area contributed by atoms with E-state index in [2.05, 4.69) is 255 Å². The minimum atomic E-state index is -0.0696. The molecule has 352 valence electrons. The van der Waals surface area contributed by atoms with E-state index in [1.165, 1.54) is 127 Å². The predicted octanol–water partition coefficient (Wildman–Crippen LogP) is 16.5. The highest BCUT2D eigenvalue weighted by Crippen LogP contribution is 2.52. The summed E-state index contributed by atoms with van der Waals surface area (Å²) in [6.07, 6.45) is 0. The number of nitrogens with zero attached hydrogens (tertiary/aromatic N) is 3. The minimum absolute atomic E-state index is 0.00608. The Kier molecular flexibility index (Phi) is 8.59. The molecule has 72 heavy (non-hydrogen) atoms. The van der Waals surface area contributed by atoms with Gasteiger partial charge in [0.1, 0.15) is 0 Å². The molecule has 9 aromatic carbocycles. The van der Waals surface area contributed by atoms with Gasteiger partial charge in [-0.15, -0.1) is 0 Å². The average molecular weight is 932 g/mol. The molecule has 2 aromatic heterocycles. The third-order valence-corrected chi connectivity index (χ3v) is 16.8. The molecule has 11 aromatic rings. The largest absolute Gasteiger partial charge is 0.310 e. The summed E-state index contributed by atoms with van der Waals surface area (Å²) >= 11 is 0. The normalized spacial score (nSPS) is 13.8. The lowest BCUT2D eigenvalue weighted by molar-refractivity contribution is 0.590. The quantitative estimate of drug-likeness (QED) is 0.161. The van der Waals surface area contributed by atoms with Gasteiger partial charge in [-0.1, -0.05) is 180 Å². The summed E-state index contributed by atoms with van der Waals surface area (Å²) in [5, 5.41) is 8.00. The van der Waals surface area contributed by atoms with Crippen molar-refractivity contribution in [2.45, 2.75) is 105 Å². The molecule has 1 aliphatic carbocycles. The molecule has 0 saturated carbocycles. The molecule has 0 radical (unpaired) electrons. The topological polar surface area (TPSA) is 13.1 Å². The average Bonchev–Trinajstić information content (AvgIpc) is 3.83. The van der Waals surface area contributed by atoms with Crippen molar-refractivity contribution in [3.63, 3.8) is 0 Å². The molecule has 0 amide bonds. The van der Waals surface area contributed by atoms with Crippen molar-refractivity contribution in [2.75, 3.05) is 4.90 Å². The Morgan fingerprint density at radius 3 is 1.49 bits per heavy atom. The fourth-order valence-electron chi connectivity index (χ4n) is 13.0. The van der Waals surface area contributed by atoms with Crippen molar-refractivity contribution in [1.29, 1.82) is 0 Å². The van der Waals surface area contributed by atoms with Crippen LogP contribution in [0.5, 0.6) is 0 Å². The van der Waals surface area contributed by atoms with Crippen LogP contribution in [0.25, 0.3) is 88.0 Å². The van der Waals surface area contributed by atoms with E-state index in [0.29, 0.717) is 0 Å². The van der Waals surface area contributed by atoms with Gasteiger partial charge in [0.2, 0.25) is 0 Å². The smallest absolute Gasteiger partial charge is 0.252 e. The van der Waals surface area contributed by atoms with Crippen LogP contribution in [0.3, 0.4) is 0 Å². The van der Waals surface area contributed by atoms with Gasteiger partial charge in [0.15, 0.2) is 0 Å². The van der Waals surface area contributed by atoms with Crippen molar-refractivity contribution in [2.24, 2.45) is 0 Å². The third kappa shape index (κ3) is 5.93. The van der Waals surface area contributed by atoms with Crippen molar-refractivity contribution in [3.05, 3.63) is 180 Å². The monoisotopic (exact) mass is 932 g/mol. The van der Waals surface area contributed by atoms with Crippen LogP contribution in [0.1, 0.15) is 105 Å². The van der Waals surface area contributed by atoms with Gasteiger partial charge in [-0.3, -0.25) is 0 Å². The van der Waals surface area contributed by atoms with Crippen LogP contribution < -0.4 is 21.3 Å². The number of hydrogen-bond acceptors (Lipinski definition) is 1. The Morgan fingerprint density at radius 2 is 0.889 bits per heavy atom. The zero-order valence-corrected chi connectivity index (χ0v) is 43.9. The van der Waals surface area contributed by atoms with E-state index in [0.717, 1.165) is 17.1 Å². The number of hydrogen-bond donors (Lipinski definition) is 0. The second-order valence-corrected chi connectivity index (χ2v) is 25.5. The first-order valence-corrected chi connectivity index (χ1v) is 26.2. The second kappa shape index (κ2) is 14.2. The maximum absolute atomic E-state index is 2.69. The summed E-state index contributed by atoms with van der Waals surface area (Å²) in [6.45, 7) is 28.0. The minimum Gasteiger partial charge on any atom is -0.310 e. The fourth-order valence-corrected chi connectivity index (χ4v) is 13.0. The SMILES string of the molecule is CC(C)(C)c1ccc(N(c2ccc(C(C)(C)C)cc2)c2cc3c4c(c2)-n2c5ccc6cccc7c6c5c5c(ccc(c52)B4c2cc(C(C)(C)C)cc4c5cc(C(C)(C)C)ccc5n-3c24)-c2ccccc2-7)cc1. The van der Waals surface area contributed by atoms with Crippen molar-refractivity contribution in [3.8, 4) is 33.6 Å². The van der Waals surface area contributed by atoms with Gasteiger partial charge in [0, 0.05) is 49.8 Å². The Bertz CT molecular complexity index is 4110. The van der Waals surface area contributed by atoms with E-state index in [1.807, 2.05) is 0 Å². The lowest BCUT2D eigenvalue weighted by Gasteiger charge is -2.36. The number of anilines is 3. The van der Waals surface area contributed by atoms with Crippen LogP contribution in [0.4, 0.5) is 17.1 Å². The van der Waals surface area contributed by atoms with Gasteiger partial charge < -0.3 is 14.0 Å². The van der Waals surface area contributed by atoms with E-state index in [1.54, 1.807) is 0 Å². The van der Waals surface area contributed by atoms with E-state index in [-0.39, 0.29) is 28.4 Å². The van der Waals surface area contributed by atoms with Crippen LogP contribution in [0.2, 0.25) is 0 Å². The molecule has 2 aliphatic heterocycles. The van der Waals surface area contributed by atoms with E-state index < -0.39 is 0 Å². The van der Waals surface area contributed by atoms with Crippen molar-refractivity contribution < 1.29 is 0 Å². The zero-order valence-electron chi connectivity index (χ0n) is 43.9. The fraction of sp³-hybridized carbons (Fsp3) is 0.235. The molecular formula is C68H62BN3. The first-order chi connectivity index (χ1) is 34.3. The lowest BCUT2D eigenvalue weighted by Crippen LogP contribution is -2.59. The molecular weight excluding hydrogens is 870 g/mol. The van der Waals surface area contributed by atoms with Crippen LogP contribution >= 0.6 is 0 Å². The molecule has 0 bridgehead atoms. The Morgan fingerprint density at radius 1 is 0.361 bits per heavy atom. The summed E-state index contributed by atoms with van der Waals surface area (Å²) in [6, 6.07) is 62.0. The summed E-state index contributed by atoms with van der Waals surface area (Å²) in [5.74, 6) is 0. The molecule has 3 aliphatic rings. The van der Waals surface area contributed by atoms with Gasteiger partial charge >= 0.3 is 0 Å². The van der Waals surface area contributed by atoms with Crippen LogP contribution in [0.15, 0.2) is 158 Å². The molecule has 0 N–H and O–H groups in total. The van der Waals surface area contributed by atoms with Crippen molar-refractivity contribution in [1.82, 2.24) is 9.13 Å². The van der Waals surface area contributed by atoms with Crippen LogP contribution in [-0.4, -0.2) is 15.8 Å². The maximum Gasteiger partial charge on any atom is 0.252 e. The molecule has 0 fully saturated rings. The van der Waals surface area contributed by atoms with Crippen LogP contribution in [-0.2, 0) is 21.7 Å². The highest BCUT2D eigenvalue weighted by atomic mass is 15.2. The summed E-state index contributed by atoms with van der Waals surface area (Å²) < 4.78 is 5.35. The lowest BCUT2D eigenvalue weighted by atomic mass is 9.34. The molecule has 4 heterocycles. The summed E-state index contributed by atoms with van der Waals surface area (Å²) in [4.78, 5) is 2.52. The molecule has 14 rings (SSSR count). The standard InChI is InChI=1S/C68H62BN3/c1-65(2,3)40-21-26-44(27-22-40)70(45-28-23-41(24-29-45)66(4,5)6)46-37-57-62-58(38-46)72-56-32-20-39-16-15-19-49-47-17-13-14-18-48(47)50-30-31-53(64(72)60(50)61(56)59(39)49)69(62)54-36-43(68(10,11)12)35-52-51-34-42(67(7,8)9)25-33-55(51)71(57)63(52)54/h13-38H,1-12H3. The summed E-state index contributed by atoms with van der Waals surface area (Å²) in [5.41, 5.74) is 25.8. The number of fused-ring (bicyclic) bond motifs is 11. The zero-order chi connectivity index (χ0) is 49.7. The second-order valence-electron chi connectivity index (χ2n) is 25.5.